The Hall–Kier alpha value is -3.79. The van der Waals surface area contributed by atoms with Crippen LogP contribution in [0.3, 0.4) is 0 Å². The minimum absolute atomic E-state index is 0.0355. The van der Waals surface area contributed by atoms with Crippen molar-refractivity contribution in [1.29, 1.82) is 0 Å². The number of hydrogen-bond acceptors (Lipinski definition) is 10. The van der Waals surface area contributed by atoms with Crippen molar-refractivity contribution in [2.24, 2.45) is 0 Å². The maximum Gasteiger partial charge on any atom is 0.436 e. The Morgan fingerprint density at radius 2 is 1.89 bits per heavy atom. The van der Waals surface area contributed by atoms with E-state index in [0.717, 1.165) is 0 Å². The second-order valence-electron chi connectivity index (χ2n) is 8.08. The molecular weight excluding hydrogens is 553 g/mol. The maximum absolute atomic E-state index is 13.3. The van der Waals surface area contributed by atoms with E-state index in [9.17, 15) is 21.6 Å². The third kappa shape index (κ3) is 5.85. The fraction of sp³-hybridized carbons (Fsp3) is 0.333. The van der Waals surface area contributed by atoms with Crippen LogP contribution in [0.2, 0.25) is 5.02 Å². The van der Waals surface area contributed by atoms with Crippen LogP contribution in [0.4, 0.5) is 19.1 Å². The van der Waals surface area contributed by atoms with E-state index in [1.807, 2.05) is 0 Å². The first-order valence-electron chi connectivity index (χ1n) is 10.9. The fourth-order valence-corrected chi connectivity index (χ4v) is 4.65. The summed E-state index contributed by atoms with van der Waals surface area (Å²) in [5, 5.41) is 10.2. The molecule has 0 aromatic carbocycles. The third-order valence-corrected chi connectivity index (χ3v) is 7.60. The Bertz CT molecular complexity index is 1530. The molecule has 38 heavy (non-hydrogen) atoms. The zero-order valence-electron chi connectivity index (χ0n) is 20.0. The monoisotopic (exact) mass is 572 g/mol. The van der Waals surface area contributed by atoms with E-state index in [4.69, 9.17) is 20.9 Å². The van der Waals surface area contributed by atoms with E-state index in [-0.39, 0.29) is 34.9 Å². The summed E-state index contributed by atoms with van der Waals surface area (Å²) in [5.41, 5.74) is -1.02. The number of hydrogen-bond donors (Lipinski definition) is 1. The van der Waals surface area contributed by atoms with Crippen LogP contribution in [0.1, 0.15) is 37.0 Å². The zero-order valence-corrected chi connectivity index (χ0v) is 21.6. The van der Waals surface area contributed by atoms with E-state index in [2.05, 4.69) is 35.0 Å². The highest BCUT2D eigenvalue weighted by Crippen LogP contribution is 2.30. The molecule has 0 saturated carbocycles. The first kappa shape index (κ1) is 27.3. The van der Waals surface area contributed by atoms with E-state index >= 15 is 0 Å². The van der Waals surface area contributed by atoms with Gasteiger partial charge >= 0.3 is 6.18 Å². The van der Waals surface area contributed by atoms with Gasteiger partial charge in [-0.15, -0.1) is 10.2 Å². The van der Waals surface area contributed by atoms with Crippen LogP contribution >= 0.6 is 11.6 Å². The fourth-order valence-electron chi connectivity index (χ4n) is 3.30. The third-order valence-electron chi connectivity index (χ3n) is 5.55. The average molecular weight is 573 g/mol. The summed E-state index contributed by atoms with van der Waals surface area (Å²) in [6, 6.07) is 5.42. The molecule has 4 heterocycles. The number of nitrogens with zero attached hydrogens (tertiary/aromatic N) is 7. The normalized spacial score (nSPS) is 13.8. The number of methoxy groups -OCH3 is 1. The smallest absolute Gasteiger partial charge is 0.436 e. The van der Waals surface area contributed by atoms with Gasteiger partial charge in [-0.2, -0.15) is 13.2 Å². The molecule has 2 unspecified atom stereocenters. The molecule has 1 N–H and O–H groups in total. The first-order chi connectivity index (χ1) is 17.9. The van der Waals surface area contributed by atoms with Crippen LogP contribution in [0, 0.1) is 0 Å². The van der Waals surface area contributed by atoms with Crippen LogP contribution in [0.25, 0.3) is 11.5 Å². The van der Waals surface area contributed by atoms with Crippen LogP contribution in [-0.2, 0) is 22.7 Å². The summed E-state index contributed by atoms with van der Waals surface area (Å²) in [4.78, 5) is 12.4. The molecule has 0 amide bonds. The molecule has 202 valence electrons. The molecule has 0 aliphatic carbocycles. The molecule has 0 bridgehead atoms. The van der Waals surface area contributed by atoms with Crippen molar-refractivity contribution >= 4 is 27.6 Å². The van der Waals surface area contributed by atoms with Crippen LogP contribution in [-0.4, -0.2) is 55.7 Å². The number of ether oxygens (including phenoxy) is 1. The number of alkyl halides is 3. The van der Waals surface area contributed by atoms with Gasteiger partial charge in [0.25, 0.3) is 0 Å². The number of nitrogens with one attached hydrogen (secondary N) is 1. The highest BCUT2D eigenvalue weighted by atomic mass is 35.5. The summed E-state index contributed by atoms with van der Waals surface area (Å²) < 4.78 is 79.2. The molecule has 4 rings (SSSR count). The standard InChI is InChI=1S/C21H20ClF3N8O4S/c1-11(18-26-8-13(22)9-27-18)12(2)38(34,35)32-20-30-29-19(15-5-4-6-17(28-15)36-3)33(20)10-14-7-16(31-37-14)21(23,24)25/h4-9,11-12H,10H2,1-3H3,(H,30,32). The Labute approximate surface area is 219 Å². The lowest BCUT2D eigenvalue weighted by molar-refractivity contribution is -0.142. The van der Waals surface area contributed by atoms with Crippen molar-refractivity contribution in [2.45, 2.75) is 37.7 Å². The van der Waals surface area contributed by atoms with E-state index in [0.29, 0.717) is 11.1 Å². The van der Waals surface area contributed by atoms with Gasteiger partial charge < -0.3 is 9.26 Å². The molecule has 0 radical (unpaired) electrons. The van der Waals surface area contributed by atoms with Crippen molar-refractivity contribution in [3.63, 3.8) is 0 Å². The predicted octanol–water partition coefficient (Wildman–Crippen LogP) is 3.78. The highest BCUT2D eigenvalue weighted by molar-refractivity contribution is 7.93. The van der Waals surface area contributed by atoms with Gasteiger partial charge in [-0.05, 0) is 13.0 Å². The molecule has 0 spiro atoms. The largest absolute Gasteiger partial charge is 0.481 e. The van der Waals surface area contributed by atoms with Gasteiger partial charge in [0, 0.05) is 30.4 Å². The van der Waals surface area contributed by atoms with Gasteiger partial charge in [-0.25, -0.2) is 23.4 Å². The summed E-state index contributed by atoms with van der Waals surface area (Å²) in [5.74, 6) is -0.666. The second-order valence-corrected chi connectivity index (χ2v) is 10.5. The molecule has 4 aromatic rings. The zero-order chi connectivity index (χ0) is 27.7. The Balaban J connectivity index is 1.70. The van der Waals surface area contributed by atoms with Crippen molar-refractivity contribution < 1.29 is 30.8 Å². The molecule has 4 aromatic heterocycles. The maximum atomic E-state index is 13.3. The van der Waals surface area contributed by atoms with Gasteiger partial charge in [-0.1, -0.05) is 29.7 Å². The average Bonchev–Trinajstić information content (AvgIpc) is 3.51. The van der Waals surface area contributed by atoms with Gasteiger partial charge in [0.15, 0.2) is 17.3 Å². The molecule has 0 aliphatic heterocycles. The Kier molecular flexibility index (Phi) is 7.55. The number of aromatic nitrogens is 7. The molecule has 12 nitrogen and oxygen atoms in total. The topological polar surface area (TPSA) is 151 Å². The van der Waals surface area contributed by atoms with E-state index in [1.54, 1.807) is 25.1 Å². The Morgan fingerprint density at radius 1 is 1.18 bits per heavy atom. The van der Waals surface area contributed by atoms with Crippen LogP contribution < -0.4 is 9.46 Å². The quantitative estimate of drug-likeness (QED) is 0.314. The number of anilines is 1. The molecule has 0 fully saturated rings. The SMILES string of the molecule is COc1cccc(-c2nnc(NS(=O)(=O)C(C)C(C)c3ncc(Cl)cn3)n2Cc2cc(C(F)(F)F)no2)n1. The molecule has 2 atom stereocenters. The Morgan fingerprint density at radius 3 is 2.53 bits per heavy atom. The van der Waals surface area contributed by atoms with Crippen molar-refractivity contribution in [2.75, 3.05) is 11.8 Å². The van der Waals surface area contributed by atoms with Gasteiger partial charge in [0.05, 0.1) is 23.9 Å². The number of pyridine rings is 1. The van der Waals surface area contributed by atoms with Gasteiger partial charge in [-0.3, -0.25) is 9.29 Å². The number of halogens is 4. The van der Waals surface area contributed by atoms with Crippen LogP contribution in [0.5, 0.6) is 5.88 Å². The minimum Gasteiger partial charge on any atom is -0.481 e. The summed E-state index contributed by atoms with van der Waals surface area (Å²) in [6.07, 6.45) is -2.03. The first-order valence-corrected chi connectivity index (χ1v) is 12.8. The lowest BCUT2D eigenvalue weighted by Crippen LogP contribution is -2.31. The lowest BCUT2D eigenvalue weighted by atomic mass is 10.1. The van der Waals surface area contributed by atoms with Crippen molar-refractivity contribution in [3.8, 4) is 17.4 Å². The molecule has 0 saturated heterocycles. The van der Waals surface area contributed by atoms with E-state index < -0.39 is 39.6 Å². The van der Waals surface area contributed by atoms with E-state index in [1.165, 1.54) is 31.0 Å². The highest BCUT2D eigenvalue weighted by Gasteiger charge is 2.36. The van der Waals surface area contributed by atoms with Crippen molar-refractivity contribution in [1.82, 2.24) is 34.9 Å². The van der Waals surface area contributed by atoms with Gasteiger partial charge in [0.2, 0.25) is 21.9 Å². The second kappa shape index (κ2) is 10.5. The number of sulfonamides is 1. The summed E-state index contributed by atoms with van der Waals surface area (Å²) >= 11 is 5.81. The summed E-state index contributed by atoms with van der Waals surface area (Å²) in [7, 11) is -2.74. The molecule has 0 aliphatic rings. The lowest BCUT2D eigenvalue weighted by Gasteiger charge is -2.20. The van der Waals surface area contributed by atoms with Crippen molar-refractivity contribution in [3.05, 3.63) is 59.0 Å². The van der Waals surface area contributed by atoms with Gasteiger partial charge in [0.1, 0.15) is 11.5 Å². The molecule has 17 heteroatoms. The molecular formula is C21H20ClF3N8O4S. The summed E-state index contributed by atoms with van der Waals surface area (Å²) in [6.45, 7) is 2.67. The number of rotatable bonds is 9. The predicted molar refractivity (Wildman–Crippen MR) is 128 cm³/mol. The van der Waals surface area contributed by atoms with Crippen LogP contribution in [0.15, 0.2) is 41.2 Å². The minimum atomic E-state index is -4.73.